The lowest BCUT2D eigenvalue weighted by molar-refractivity contribution is 0.621. The number of anilines is 1. The third-order valence-corrected chi connectivity index (χ3v) is 2.79. The van der Waals surface area contributed by atoms with E-state index < -0.39 is 0 Å². The van der Waals surface area contributed by atoms with Crippen molar-refractivity contribution in [2.24, 2.45) is 7.05 Å². The molecular formula is C10H9BrFN3. The van der Waals surface area contributed by atoms with Crippen molar-refractivity contribution >= 4 is 21.6 Å². The molecule has 1 aromatic heterocycles. The maximum Gasteiger partial charge on any atom is 0.146 e. The molecule has 1 aromatic carbocycles. The average Bonchev–Trinajstić information content (AvgIpc) is 2.52. The summed E-state index contributed by atoms with van der Waals surface area (Å²) in [6.45, 7) is 0. The monoisotopic (exact) mass is 269 g/mol. The zero-order valence-corrected chi connectivity index (χ0v) is 9.62. The number of aryl methyl sites for hydroxylation is 1. The number of benzene rings is 1. The van der Waals surface area contributed by atoms with Gasteiger partial charge in [-0.05, 0) is 28.1 Å². The molecule has 0 unspecified atom stereocenters. The predicted molar refractivity (Wildman–Crippen MR) is 60.7 cm³/mol. The summed E-state index contributed by atoms with van der Waals surface area (Å²) in [7, 11) is 1.73. The standard InChI is InChI=1S/C10H9BrFN3/c1-15-10(8(13)5-14-15)6-3-2-4-7(11)9(6)12/h2-5H,13H2,1H3. The molecule has 3 nitrogen and oxygen atoms in total. The van der Waals surface area contributed by atoms with Gasteiger partial charge in [0, 0.05) is 12.6 Å². The molecular weight excluding hydrogens is 261 g/mol. The molecule has 2 N–H and O–H groups in total. The first-order valence-corrected chi connectivity index (χ1v) is 5.12. The van der Waals surface area contributed by atoms with Crippen LogP contribution in [0.5, 0.6) is 0 Å². The van der Waals surface area contributed by atoms with Crippen LogP contribution in [0.2, 0.25) is 0 Å². The predicted octanol–water partition coefficient (Wildman–Crippen LogP) is 2.57. The van der Waals surface area contributed by atoms with Gasteiger partial charge < -0.3 is 5.73 Å². The molecule has 2 rings (SSSR count). The number of halogens is 2. The van der Waals surface area contributed by atoms with Crippen LogP contribution in [0.25, 0.3) is 11.3 Å². The summed E-state index contributed by atoms with van der Waals surface area (Å²) in [5.41, 5.74) is 7.23. The summed E-state index contributed by atoms with van der Waals surface area (Å²) < 4.78 is 15.8. The average molecular weight is 270 g/mol. The fraction of sp³-hybridized carbons (Fsp3) is 0.100. The van der Waals surface area contributed by atoms with Crippen LogP contribution in [-0.4, -0.2) is 9.78 Å². The second-order valence-corrected chi connectivity index (χ2v) is 4.03. The Morgan fingerprint density at radius 3 is 2.80 bits per heavy atom. The first kappa shape index (κ1) is 10.2. The Morgan fingerprint density at radius 1 is 1.47 bits per heavy atom. The Labute approximate surface area is 94.8 Å². The van der Waals surface area contributed by atoms with Gasteiger partial charge in [-0.1, -0.05) is 6.07 Å². The van der Waals surface area contributed by atoms with E-state index in [1.807, 2.05) is 0 Å². The number of hydrogen-bond acceptors (Lipinski definition) is 2. The van der Waals surface area contributed by atoms with Gasteiger partial charge in [-0.2, -0.15) is 5.10 Å². The number of nitrogens with zero attached hydrogens (tertiary/aromatic N) is 2. The lowest BCUT2D eigenvalue weighted by Gasteiger charge is -2.06. The van der Waals surface area contributed by atoms with E-state index in [0.29, 0.717) is 21.4 Å². The Morgan fingerprint density at radius 2 is 2.20 bits per heavy atom. The van der Waals surface area contributed by atoms with Crippen molar-refractivity contribution in [3.63, 3.8) is 0 Å². The Bertz CT molecular complexity index is 488. The van der Waals surface area contributed by atoms with E-state index in [9.17, 15) is 4.39 Å². The van der Waals surface area contributed by atoms with Crippen molar-refractivity contribution in [3.8, 4) is 11.3 Å². The van der Waals surface area contributed by atoms with Crippen molar-refractivity contribution in [2.45, 2.75) is 0 Å². The third-order valence-electron chi connectivity index (χ3n) is 2.17. The van der Waals surface area contributed by atoms with Gasteiger partial charge in [0.2, 0.25) is 0 Å². The van der Waals surface area contributed by atoms with E-state index in [2.05, 4.69) is 21.0 Å². The molecule has 0 atom stereocenters. The summed E-state index contributed by atoms with van der Waals surface area (Å²) in [5.74, 6) is -0.326. The van der Waals surface area contributed by atoms with Crippen LogP contribution in [-0.2, 0) is 7.05 Å². The Kier molecular flexibility index (Phi) is 2.48. The SMILES string of the molecule is Cn1ncc(N)c1-c1cccc(Br)c1F. The van der Waals surface area contributed by atoms with Gasteiger partial charge in [-0.3, -0.25) is 4.68 Å². The van der Waals surface area contributed by atoms with Gasteiger partial charge in [-0.25, -0.2) is 4.39 Å². The molecule has 0 saturated heterocycles. The molecule has 78 valence electrons. The van der Waals surface area contributed by atoms with Crippen molar-refractivity contribution in [3.05, 3.63) is 34.7 Å². The van der Waals surface area contributed by atoms with Crippen molar-refractivity contribution in [1.29, 1.82) is 0 Å². The maximum atomic E-state index is 13.8. The topological polar surface area (TPSA) is 43.8 Å². The molecule has 0 aliphatic carbocycles. The summed E-state index contributed by atoms with van der Waals surface area (Å²) in [6, 6.07) is 5.08. The normalized spacial score (nSPS) is 10.6. The lowest BCUT2D eigenvalue weighted by atomic mass is 10.1. The highest BCUT2D eigenvalue weighted by Gasteiger charge is 2.14. The largest absolute Gasteiger partial charge is 0.396 e. The fourth-order valence-corrected chi connectivity index (χ4v) is 1.84. The molecule has 5 heteroatoms. The zero-order valence-electron chi connectivity index (χ0n) is 8.04. The Hall–Kier alpha value is -1.36. The van der Waals surface area contributed by atoms with Crippen LogP contribution in [0, 0.1) is 5.82 Å². The number of aromatic nitrogens is 2. The number of rotatable bonds is 1. The zero-order chi connectivity index (χ0) is 11.0. The number of nitrogens with two attached hydrogens (primary N) is 1. The summed E-state index contributed by atoms with van der Waals surface area (Å²) in [5, 5.41) is 3.97. The first-order valence-electron chi connectivity index (χ1n) is 4.33. The fourth-order valence-electron chi connectivity index (χ4n) is 1.47. The van der Waals surface area contributed by atoms with Gasteiger partial charge in [0.1, 0.15) is 5.82 Å². The van der Waals surface area contributed by atoms with Crippen LogP contribution < -0.4 is 5.73 Å². The van der Waals surface area contributed by atoms with Crippen molar-refractivity contribution in [1.82, 2.24) is 9.78 Å². The van der Waals surface area contributed by atoms with Gasteiger partial charge >= 0.3 is 0 Å². The molecule has 0 aliphatic heterocycles. The second kappa shape index (κ2) is 3.66. The van der Waals surface area contributed by atoms with Gasteiger partial charge in [0.05, 0.1) is 22.1 Å². The number of nitrogen functional groups attached to an aromatic ring is 1. The molecule has 0 saturated carbocycles. The summed E-state index contributed by atoms with van der Waals surface area (Å²) in [4.78, 5) is 0. The third kappa shape index (κ3) is 1.63. The van der Waals surface area contributed by atoms with Crippen molar-refractivity contribution < 1.29 is 4.39 Å². The van der Waals surface area contributed by atoms with E-state index in [1.54, 1.807) is 29.9 Å². The molecule has 0 aliphatic rings. The van der Waals surface area contributed by atoms with Crippen LogP contribution in [0.4, 0.5) is 10.1 Å². The highest BCUT2D eigenvalue weighted by atomic mass is 79.9. The van der Waals surface area contributed by atoms with Gasteiger partial charge in [0.15, 0.2) is 0 Å². The Balaban J connectivity index is 2.69. The molecule has 1 heterocycles. The molecule has 0 fully saturated rings. The molecule has 0 bridgehead atoms. The number of hydrogen-bond donors (Lipinski definition) is 1. The minimum absolute atomic E-state index is 0.326. The van der Waals surface area contributed by atoms with Crippen LogP contribution in [0.15, 0.2) is 28.9 Å². The quantitative estimate of drug-likeness (QED) is 0.865. The van der Waals surface area contributed by atoms with Crippen LogP contribution in [0.1, 0.15) is 0 Å². The van der Waals surface area contributed by atoms with E-state index in [0.717, 1.165) is 0 Å². The van der Waals surface area contributed by atoms with Crippen LogP contribution in [0.3, 0.4) is 0 Å². The highest BCUT2D eigenvalue weighted by Crippen LogP contribution is 2.30. The minimum Gasteiger partial charge on any atom is -0.396 e. The molecule has 0 radical (unpaired) electrons. The van der Waals surface area contributed by atoms with Gasteiger partial charge in [0.25, 0.3) is 0 Å². The van der Waals surface area contributed by atoms with E-state index in [-0.39, 0.29) is 5.82 Å². The lowest BCUT2D eigenvalue weighted by Crippen LogP contribution is -1.98. The minimum atomic E-state index is -0.326. The molecule has 0 amide bonds. The van der Waals surface area contributed by atoms with E-state index in [4.69, 9.17) is 5.73 Å². The summed E-state index contributed by atoms with van der Waals surface area (Å²) >= 11 is 3.14. The van der Waals surface area contributed by atoms with Gasteiger partial charge in [-0.15, -0.1) is 0 Å². The highest BCUT2D eigenvalue weighted by molar-refractivity contribution is 9.10. The summed E-state index contributed by atoms with van der Waals surface area (Å²) in [6.07, 6.45) is 1.51. The molecule has 0 spiro atoms. The molecule has 2 aromatic rings. The van der Waals surface area contributed by atoms with E-state index in [1.165, 1.54) is 6.20 Å². The van der Waals surface area contributed by atoms with Crippen LogP contribution >= 0.6 is 15.9 Å². The maximum absolute atomic E-state index is 13.8. The molecule has 15 heavy (non-hydrogen) atoms. The smallest absolute Gasteiger partial charge is 0.146 e. The van der Waals surface area contributed by atoms with Crippen molar-refractivity contribution in [2.75, 3.05) is 5.73 Å². The van der Waals surface area contributed by atoms with E-state index >= 15 is 0 Å². The second-order valence-electron chi connectivity index (χ2n) is 3.17. The first-order chi connectivity index (χ1) is 7.11.